The van der Waals surface area contributed by atoms with Gasteiger partial charge < -0.3 is 14.0 Å². The third kappa shape index (κ3) is 4.49. The van der Waals surface area contributed by atoms with Crippen LogP contribution in [-0.4, -0.2) is 77.2 Å². The summed E-state index contributed by atoms with van der Waals surface area (Å²) < 4.78 is 12.5. The maximum atomic E-state index is 5.97. The molecule has 6 nitrogen and oxygen atoms in total. The molecule has 12 radical (unpaired) electrons. The van der Waals surface area contributed by atoms with E-state index >= 15 is 0 Å². The van der Waals surface area contributed by atoms with Crippen LogP contribution < -0.4 is 9.47 Å². The van der Waals surface area contributed by atoms with Gasteiger partial charge in [0.15, 0.2) is 0 Å². The molecule has 0 atom stereocenters. The molecule has 27 heavy (non-hydrogen) atoms. The maximum Gasteiger partial charge on any atom is 0.228 e. The van der Waals surface area contributed by atoms with Gasteiger partial charge in [0, 0.05) is 12.4 Å². The summed E-state index contributed by atoms with van der Waals surface area (Å²) in [5.41, 5.74) is 1.52. The lowest BCUT2D eigenvalue weighted by Crippen LogP contribution is -2.39. The van der Waals surface area contributed by atoms with Crippen molar-refractivity contribution in [2.75, 3.05) is 0 Å². The van der Waals surface area contributed by atoms with Gasteiger partial charge in [-0.25, -0.2) is 15.0 Å². The van der Waals surface area contributed by atoms with Crippen molar-refractivity contribution in [2.45, 2.75) is 10.6 Å². The number of hydrogen-bond donors (Lipinski definition) is 0. The highest BCUT2D eigenvalue weighted by Crippen LogP contribution is 2.39. The minimum Gasteiger partial charge on any atom is -0.500 e. The topological polar surface area (TPSA) is 62.1 Å². The lowest BCUT2D eigenvalue weighted by atomic mass is 9.52. The van der Waals surface area contributed by atoms with Gasteiger partial charge in [-0.05, 0) is 22.7 Å². The number of pyridine rings is 1. The van der Waals surface area contributed by atoms with Crippen molar-refractivity contribution in [3.63, 3.8) is 0 Å². The molecule has 0 bridgehead atoms. The summed E-state index contributed by atoms with van der Waals surface area (Å²) in [6, 6.07) is 3.46. The molecule has 3 aromatic rings. The van der Waals surface area contributed by atoms with Gasteiger partial charge in [0.05, 0.1) is 17.4 Å². The third-order valence-electron chi connectivity index (χ3n) is 3.48. The van der Waals surface area contributed by atoms with Gasteiger partial charge in [-0.2, -0.15) is 0 Å². The zero-order chi connectivity index (χ0) is 20.0. The first-order chi connectivity index (χ1) is 12.4. The molecule has 0 unspecified atom stereocenters. The summed E-state index contributed by atoms with van der Waals surface area (Å²) >= 11 is 5.97. The van der Waals surface area contributed by atoms with E-state index in [2.05, 4.69) is 15.0 Å². The predicted molar refractivity (Wildman–Crippen MR) is 108 cm³/mol. The van der Waals surface area contributed by atoms with Gasteiger partial charge in [-0.3, -0.25) is 0 Å². The van der Waals surface area contributed by atoms with E-state index in [0.717, 1.165) is 17.2 Å². The Balaban J connectivity index is 2.27. The van der Waals surface area contributed by atoms with Crippen LogP contribution in [0.3, 0.4) is 0 Å². The summed E-state index contributed by atoms with van der Waals surface area (Å²) in [4.78, 5) is 12.1. The number of fused-ring (bicyclic) bond motifs is 1. The van der Waals surface area contributed by atoms with E-state index in [1.54, 1.807) is 29.9 Å². The first kappa shape index (κ1) is 19.8. The molecule has 0 aliphatic heterocycles. The van der Waals surface area contributed by atoms with Crippen molar-refractivity contribution < 1.29 is 9.47 Å². The molecule has 3 aromatic heterocycles. The molecule has 0 N–H and O–H groups in total. The second kappa shape index (κ2) is 6.89. The van der Waals surface area contributed by atoms with Crippen molar-refractivity contribution in [1.29, 1.82) is 0 Å². The Hall–Kier alpha value is -1.95. The normalized spacial score (nSPS) is 12.2. The minimum absolute atomic E-state index is 0.0679. The Kier molecular flexibility index (Phi) is 5.06. The molecule has 0 amide bonds. The van der Waals surface area contributed by atoms with Crippen LogP contribution in [0.5, 0.6) is 11.8 Å². The van der Waals surface area contributed by atoms with Gasteiger partial charge in [-0.1, -0.05) is 11.6 Å². The van der Waals surface area contributed by atoms with E-state index in [0.29, 0.717) is 10.8 Å². The van der Waals surface area contributed by atoms with Crippen molar-refractivity contribution in [3.05, 3.63) is 29.8 Å². The fourth-order valence-corrected chi connectivity index (χ4v) is 2.68. The standard InChI is InChI=1S/C14H7B6ClN4O2/c1-25-7(2-6-3-9(21)22-4-8(6)25)10-11(26-13(15,16)17)23-5-24-12(10)27-14(18,19)20/h2-5H,1H3. The van der Waals surface area contributed by atoms with E-state index in [-0.39, 0.29) is 17.3 Å². The number of hydrogen-bond acceptors (Lipinski definition) is 5. The largest absolute Gasteiger partial charge is 0.500 e. The molecular weight excluding hydrogens is 357 g/mol. The van der Waals surface area contributed by atoms with E-state index < -0.39 is 10.6 Å². The lowest BCUT2D eigenvalue weighted by Gasteiger charge is -2.27. The highest BCUT2D eigenvalue weighted by atomic mass is 35.5. The molecule has 0 saturated carbocycles. The quantitative estimate of drug-likeness (QED) is 0.459. The van der Waals surface area contributed by atoms with Crippen LogP contribution in [0.15, 0.2) is 24.7 Å². The molecule has 3 heterocycles. The highest BCUT2D eigenvalue weighted by Gasteiger charge is 2.25. The Morgan fingerprint density at radius 1 is 0.926 bits per heavy atom. The molecule has 0 saturated heterocycles. The maximum absolute atomic E-state index is 5.97. The molecule has 0 aliphatic carbocycles. The average molecular weight is 364 g/mol. The highest BCUT2D eigenvalue weighted by molar-refractivity contribution is 6.58. The molecule has 13 heteroatoms. The molecule has 120 valence electrons. The Labute approximate surface area is 169 Å². The molecule has 3 rings (SSSR count). The molecule has 0 aromatic carbocycles. The van der Waals surface area contributed by atoms with Crippen LogP contribution in [0.1, 0.15) is 0 Å². The molecule has 0 aliphatic rings. The van der Waals surface area contributed by atoms with Crippen molar-refractivity contribution in [3.8, 4) is 23.0 Å². The van der Waals surface area contributed by atoms with Crippen molar-refractivity contribution in [1.82, 2.24) is 19.5 Å². The summed E-state index contributed by atoms with van der Waals surface area (Å²) in [5.74, 6) is -0.136. The molecular formula is C14H7B6ClN4O2. The van der Waals surface area contributed by atoms with Crippen LogP contribution in [0, 0.1) is 0 Å². The van der Waals surface area contributed by atoms with Crippen LogP contribution in [0.25, 0.3) is 22.2 Å². The fraction of sp³-hybridized carbons (Fsp3) is 0.214. The summed E-state index contributed by atoms with van der Waals surface area (Å²) in [6.07, 6.45) is 2.73. The zero-order valence-corrected chi connectivity index (χ0v) is 15.0. The number of nitrogens with zero attached hydrogens (tertiary/aromatic N) is 4. The van der Waals surface area contributed by atoms with E-state index in [9.17, 15) is 0 Å². The van der Waals surface area contributed by atoms with Crippen molar-refractivity contribution in [2.24, 2.45) is 7.05 Å². The molecule has 0 fully saturated rings. The van der Waals surface area contributed by atoms with Crippen LogP contribution in [-0.2, 0) is 7.05 Å². The number of halogens is 1. The Bertz CT molecular complexity index is 967. The Morgan fingerprint density at radius 3 is 2.00 bits per heavy atom. The zero-order valence-electron chi connectivity index (χ0n) is 14.3. The monoisotopic (exact) mass is 364 g/mol. The van der Waals surface area contributed by atoms with Crippen LogP contribution in [0.4, 0.5) is 0 Å². The number of ether oxygens (including phenoxy) is 2. The van der Waals surface area contributed by atoms with Gasteiger partial charge >= 0.3 is 0 Å². The number of aryl methyl sites for hydroxylation is 1. The van der Waals surface area contributed by atoms with E-state index in [4.69, 9.17) is 68.2 Å². The smallest absolute Gasteiger partial charge is 0.228 e. The molecule has 0 spiro atoms. The van der Waals surface area contributed by atoms with Gasteiger partial charge in [0.1, 0.15) is 64.1 Å². The summed E-state index contributed by atoms with van der Waals surface area (Å²) in [5, 5.41) is -2.92. The first-order valence-corrected chi connectivity index (χ1v) is 7.90. The minimum atomic E-state index is -2.01. The van der Waals surface area contributed by atoms with Gasteiger partial charge in [0.25, 0.3) is 0 Å². The average Bonchev–Trinajstić information content (AvgIpc) is 2.80. The van der Waals surface area contributed by atoms with E-state index in [1.807, 2.05) is 0 Å². The number of aromatic nitrogens is 4. The predicted octanol–water partition coefficient (Wildman–Crippen LogP) is -0.325. The second-order valence-corrected chi connectivity index (χ2v) is 6.31. The summed E-state index contributed by atoms with van der Waals surface area (Å²) in [7, 11) is 35.1. The second-order valence-electron chi connectivity index (χ2n) is 5.92. The SMILES string of the molecule is [B]C([B])([B])Oc1ncnc(OC([B])([B])[B])c1-c1cc2cc(Cl)ncc2n1C. The lowest BCUT2D eigenvalue weighted by molar-refractivity contribution is 0.287. The van der Waals surface area contributed by atoms with Gasteiger partial charge in [-0.15, -0.1) is 0 Å². The fourth-order valence-electron chi connectivity index (χ4n) is 2.51. The van der Waals surface area contributed by atoms with Crippen molar-refractivity contribution >= 4 is 69.6 Å². The van der Waals surface area contributed by atoms with Crippen LogP contribution >= 0.6 is 11.6 Å². The first-order valence-electron chi connectivity index (χ1n) is 7.52. The summed E-state index contributed by atoms with van der Waals surface area (Å²) in [6.45, 7) is 0. The van der Waals surface area contributed by atoms with Crippen LogP contribution in [0.2, 0.25) is 5.15 Å². The third-order valence-corrected chi connectivity index (χ3v) is 3.68. The Morgan fingerprint density at radius 2 is 1.48 bits per heavy atom. The van der Waals surface area contributed by atoms with Gasteiger partial charge in [0.2, 0.25) is 11.8 Å². The number of rotatable bonds is 5. The van der Waals surface area contributed by atoms with E-state index in [1.165, 1.54) is 0 Å².